The van der Waals surface area contributed by atoms with Gasteiger partial charge in [0.15, 0.2) is 5.69 Å². The van der Waals surface area contributed by atoms with Crippen molar-refractivity contribution < 1.29 is 19.1 Å². The minimum Gasteiger partial charge on any atom is -0.480 e. The van der Waals surface area contributed by atoms with Crippen molar-refractivity contribution in [1.29, 1.82) is 0 Å². The Labute approximate surface area is 127 Å². The Morgan fingerprint density at radius 2 is 1.95 bits per heavy atom. The number of hydrogen-bond acceptors (Lipinski definition) is 4. The molecule has 1 heterocycles. The van der Waals surface area contributed by atoms with E-state index in [4.69, 9.17) is 4.42 Å². The van der Waals surface area contributed by atoms with Gasteiger partial charge in [-0.15, -0.1) is 0 Å². The third kappa shape index (κ3) is 2.36. The Morgan fingerprint density at radius 3 is 2.50 bits per heavy atom. The van der Waals surface area contributed by atoms with Gasteiger partial charge in [0.05, 0.1) is 0 Å². The first-order valence-electron chi connectivity index (χ1n) is 7.11. The third-order valence-corrected chi connectivity index (χ3v) is 4.00. The highest BCUT2D eigenvalue weighted by Gasteiger charge is 2.46. The van der Waals surface area contributed by atoms with Crippen LogP contribution in [0.1, 0.15) is 35.5 Å². The quantitative estimate of drug-likeness (QED) is 0.904. The first-order valence-corrected chi connectivity index (χ1v) is 7.11. The molecular formula is C16H16N2O4. The van der Waals surface area contributed by atoms with Crippen LogP contribution in [0.5, 0.6) is 0 Å². The Kier molecular flexibility index (Phi) is 3.44. The number of amides is 1. The van der Waals surface area contributed by atoms with Crippen LogP contribution in [-0.2, 0) is 4.79 Å². The normalized spacial score (nSPS) is 15.9. The molecule has 2 aromatic rings. The molecule has 0 unspecified atom stereocenters. The van der Waals surface area contributed by atoms with Gasteiger partial charge in [-0.3, -0.25) is 4.79 Å². The Hall–Kier alpha value is -2.63. The molecule has 1 saturated carbocycles. The SMILES string of the molecule is Cc1oc(-c2ccccc2)nc1C(=O)NC1(C(=O)O)CCC1. The molecule has 22 heavy (non-hydrogen) atoms. The number of nitrogens with one attached hydrogen (secondary N) is 1. The van der Waals surface area contributed by atoms with Crippen LogP contribution >= 0.6 is 0 Å². The summed E-state index contributed by atoms with van der Waals surface area (Å²) in [6.45, 7) is 1.64. The van der Waals surface area contributed by atoms with Gasteiger partial charge in [0, 0.05) is 5.56 Å². The Morgan fingerprint density at radius 1 is 1.27 bits per heavy atom. The van der Waals surface area contributed by atoms with Gasteiger partial charge in [0.25, 0.3) is 5.91 Å². The molecule has 0 aliphatic heterocycles. The average molecular weight is 300 g/mol. The van der Waals surface area contributed by atoms with E-state index < -0.39 is 17.4 Å². The highest BCUT2D eigenvalue weighted by atomic mass is 16.4. The summed E-state index contributed by atoms with van der Waals surface area (Å²) < 4.78 is 5.53. The van der Waals surface area contributed by atoms with Crippen LogP contribution in [0.2, 0.25) is 0 Å². The van der Waals surface area contributed by atoms with E-state index in [9.17, 15) is 14.7 Å². The lowest BCUT2D eigenvalue weighted by Crippen LogP contribution is -2.59. The van der Waals surface area contributed by atoms with Crippen molar-refractivity contribution in [3.63, 3.8) is 0 Å². The molecule has 114 valence electrons. The minimum absolute atomic E-state index is 0.131. The van der Waals surface area contributed by atoms with E-state index in [1.165, 1.54) is 0 Å². The number of benzene rings is 1. The standard InChI is InChI=1S/C16H16N2O4/c1-10-12(13(19)18-16(15(20)21)8-5-9-16)17-14(22-10)11-6-3-2-4-7-11/h2-4,6-7H,5,8-9H2,1H3,(H,18,19)(H,20,21). The Balaban J connectivity index is 1.85. The molecule has 1 aliphatic rings. The molecule has 1 amide bonds. The largest absolute Gasteiger partial charge is 0.480 e. The van der Waals surface area contributed by atoms with Crippen LogP contribution < -0.4 is 5.32 Å². The lowest BCUT2D eigenvalue weighted by Gasteiger charge is -2.37. The van der Waals surface area contributed by atoms with Gasteiger partial charge in [0.2, 0.25) is 5.89 Å². The highest BCUT2D eigenvalue weighted by Crippen LogP contribution is 2.32. The molecule has 1 aliphatic carbocycles. The van der Waals surface area contributed by atoms with Crippen LogP contribution in [0, 0.1) is 6.92 Å². The van der Waals surface area contributed by atoms with E-state index in [0.29, 0.717) is 24.5 Å². The monoisotopic (exact) mass is 300 g/mol. The van der Waals surface area contributed by atoms with Crippen LogP contribution in [0.15, 0.2) is 34.7 Å². The summed E-state index contributed by atoms with van der Waals surface area (Å²) in [6, 6.07) is 9.24. The van der Waals surface area contributed by atoms with Crippen LogP contribution in [0.4, 0.5) is 0 Å². The molecule has 0 spiro atoms. The number of oxazole rings is 1. The molecule has 6 nitrogen and oxygen atoms in total. The van der Waals surface area contributed by atoms with Gasteiger partial charge in [-0.05, 0) is 38.3 Å². The maximum Gasteiger partial charge on any atom is 0.329 e. The molecule has 0 atom stereocenters. The lowest BCUT2D eigenvalue weighted by molar-refractivity contribution is -0.148. The zero-order valence-corrected chi connectivity index (χ0v) is 12.1. The molecule has 2 N–H and O–H groups in total. The maximum absolute atomic E-state index is 12.3. The second-order valence-corrected chi connectivity index (χ2v) is 5.48. The third-order valence-electron chi connectivity index (χ3n) is 4.00. The van der Waals surface area contributed by atoms with E-state index >= 15 is 0 Å². The number of aliphatic carboxylic acids is 1. The lowest BCUT2D eigenvalue weighted by atomic mass is 9.76. The maximum atomic E-state index is 12.3. The van der Waals surface area contributed by atoms with Gasteiger partial charge in [0.1, 0.15) is 11.3 Å². The van der Waals surface area contributed by atoms with Gasteiger partial charge >= 0.3 is 5.97 Å². The van der Waals surface area contributed by atoms with Crippen molar-refractivity contribution in [3.05, 3.63) is 41.8 Å². The Bertz CT molecular complexity index is 717. The number of carboxylic acid groups (broad SMARTS) is 1. The number of nitrogens with zero attached hydrogens (tertiary/aromatic N) is 1. The van der Waals surface area contributed by atoms with Crippen molar-refractivity contribution in [1.82, 2.24) is 10.3 Å². The summed E-state index contributed by atoms with van der Waals surface area (Å²) in [5, 5.41) is 11.9. The van der Waals surface area contributed by atoms with Crippen molar-refractivity contribution in [2.75, 3.05) is 0 Å². The summed E-state index contributed by atoms with van der Waals surface area (Å²) in [4.78, 5) is 27.9. The molecular weight excluding hydrogens is 284 g/mol. The topological polar surface area (TPSA) is 92.4 Å². The molecule has 0 saturated heterocycles. The minimum atomic E-state index is -1.16. The summed E-state index contributed by atoms with van der Waals surface area (Å²) in [5.74, 6) is -0.792. The number of hydrogen-bond donors (Lipinski definition) is 2. The van der Waals surface area contributed by atoms with E-state index in [0.717, 1.165) is 12.0 Å². The number of aromatic nitrogens is 1. The summed E-state index contributed by atoms with van der Waals surface area (Å²) in [7, 11) is 0. The van der Waals surface area contributed by atoms with Crippen molar-refractivity contribution in [2.24, 2.45) is 0 Å². The molecule has 1 fully saturated rings. The van der Waals surface area contributed by atoms with E-state index in [2.05, 4.69) is 10.3 Å². The summed E-state index contributed by atoms with van der Waals surface area (Å²) >= 11 is 0. The van der Waals surface area contributed by atoms with Crippen LogP contribution in [-0.4, -0.2) is 27.5 Å². The summed E-state index contributed by atoms with van der Waals surface area (Å²) in [6.07, 6.45) is 1.67. The van der Waals surface area contributed by atoms with E-state index in [1.54, 1.807) is 6.92 Å². The average Bonchev–Trinajstić information content (AvgIpc) is 2.85. The molecule has 6 heteroatoms. The van der Waals surface area contributed by atoms with Gasteiger partial charge in [-0.2, -0.15) is 0 Å². The molecule has 0 radical (unpaired) electrons. The molecule has 0 bridgehead atoms. The fraction of sp³-hybridized carbons (Fsp3) is 0.312. The zero-order valence-electron chi connectivity index (χ0n) is 12.1. The number of rotatable bonds is 4. The van der Waals surface area contributed by atoms with Crippen LogP contribution in [0.3, 0.4) is 0 Å². The van der Waals surface area contributed by atoms with Crippen molar-refractivity contribution >= 4 is 11.9 Å². The van der Waals surface area contributed by atoms with Crippen molar-refractivity contribution in [2.45, 2.75) is 31.7 Å². The van der Waals surface area contributed by atoms with Gasteiger partial charge < -0.3 is 14.8 Å². The molecule has 1 aromatic carbocycles. The van der Waals surface area contributed by atoms with Gasteiger partial charge in [-0.1, -0.05) is 18.2 Å². The first-order chi connectivity index (χ1) is 10.5. The van der Waals surface area contributed by atoms with Gasteiger partial charge in [-0.25, -0.2) is 9.78 Å². The number of aryl methyl sites for hydroxylation is 1. The summed E-state index contributed by atoms with van der Waals surface area (Å²) in [5.41, 5.74) is -0.261. The van der Waals surface area contributed by atoms with E-state index in [1.807, 2.05) is 30.3 Å². The second-order valence-electron chi connectivity index (χ2n) is 5.48. The number of carboxylic acids is 1. The van der Waals surface area contributed by atoms with E-state index in [-0.39, 0.29) is 5.69 Å². The highest BCUT2D eigenvalue weighted by molar-refractivity contribution is 5.97. The predicted molar refractivity (Wildman–Crippen MR) is 78.4 cm³/mol. The van der Waals surface area contributed by atoms with Crippen LogP contribution in [0.25, 0.3) is 11.5 Å². The second kappa shape index (κ2) is 5.29. The number of carbonyl (C=O) groups excluding carboxylic acids is 1. The first kappa shape index (κ1) is 14.3. The zero-order chi connectivity index (χ0) is 15.7. The number of carbonyl (C=O) groups is 2. The fourth-order valence-corrected chi connectivity index (χ4v) is 2.51. The smallest absolute Gasteiger partial charge is 0.329 e. The predicted octanol–water partition coefficient (Wildman–Crippen LogP) is 2.39. The molecule has 3 rings (SSSR count). The molecule has 1 aromatic heterocycles. The fourth-order valence-electron chi connectivity index (χ4n) is 2.51. The van der Waals surface area contributed by atoms with Crippen molar-refractivity contribution in [3.8, 4) is 11.5 Å².